The average Bonchev–Trinajstić information content (AvgIpc) is 2.37. The molecule has 1 unspecified atom stereocenters. The molecule has 1 aliphatic heterocycles. The Bertz CT molecular complexity index is 476. The Morgan fingerprint density at radius 2 is 2.05 bits per heavy atom. The molecule has 0 saturated heterocycles. The van der Waals surface area contributed by atoms with E-state index >= 15 is 0 Å². The molecule has 110 valence electrons. The van der Waals surface area contributed by atoms with Crippen molar-refractivity contribution in [2.24, 2.45) is 0 Å². The van der Waals surface area contributed by atoms with E-state index in [1.54, 1.807) is 0 Å². The van der Waals surface area contributed by atoms with Crippen LogP contribution in [-0.4, -0.2) is 23.1 Å². The minimum Gasteiger partial charge on any atom is -0.444 e. The van der Waals surface area contributed by atoms with Crippen LogP contribution in [0, 0.1) is 0 Å². The average molecular weight is 275 g/mol. The number of hydrogen-bond acceptors (Lipinski definition) is 2. The van der Waals surface area contributed by atoms with Crippen LogP contribution in [0.4, 0.5) is 4.79 Å². The predicted octanol–water partition coefficient (Wildman–Crippen LogP) is 4.32. The van der Waals surface area contributed by atoms with Gasteiger partial charge >= 0.3 is 6.09 Å². The van der Waals surface area contributed by atoms with Gasteiger partial charge in [-0.2, -0.15) is 0 Å². The van der Waals surface area contributed by atoms with E-state index in [0.29, 0.717) is 0 Å². The summed E-state index contributed by atoms with van der Waals surface area (Å²) in [6.07, 6.45) is 2.76. The number of benzene rings is 1. The highest BCUT2D eigenvalue weighted by Crippen LogP contribution is 2.33. The molecule has 1 atom stereocenters. The molecule has 0 N–H and O–H groups in total. The summed E-state index contributed by atoms with van der Waals surface area (Å²) in [4.78, 5) is 14.3. The fourth-order valence-corrected chi connectivity index (χ4v) is 2.78. The van der Waals surface area contributed by atoms with Gasteiger partial charge in [-0.1, -0.05) is 37.6 Å². The van der Waals surface area contributed by atoms with E-state index in [-0.39, 0.29) is 12.1 Å². The molecular weight excluding hydrogens is 250 g/mol. The summed E-state index contributed by atoms with van der Waals surface area (Å²) in [5, 5.41) is 0. The van der Waals surface area contributed by atoms with Gasteiger partial charge in [0.05, 0.1) is 6.04 Å². The molecule has 0 aromatic heterocycles. The van der Waals surface area contributed by atoms with Gasteiger partial charge in [0.25, 0.3) is 0 Å². The molecule has 1 amide bonds. The number of ether oxygens (including phenoxy) is 1. The Labute approximate surface area is 121 Å². The Morgan fingerprint density at radius 1 is 1.35 bits per heavy atom. The van der Waals surface area contributed by atoms with Gasteiger partial charge in [-0.05, 0) is 44.7 Å². The van der Waals surface area contributed by atoms with Crippen molar-refractivity contribution >= 4 is 6.09 Å². The van der Waals surface area contributed by atoms with Crippen LogP contribution in [0.1, 0.15) is 57.7 Å². The third kappa shape index (κ3) is 3.33. The highest BCUT2D eigenvalue weighted by Gasteiger charge is 2.32. The van der Waals surface area contributed by atoms with Crippen LogP contribution in [-0.2, 0) is 11.2 Å². The van der Waals surface area contributed by atoms with Gasteiger partial charge in [-0.25, -0.2) is 4.79 Å². The zero-order valence-corrected chi connectivity index (χ0v) is 13.0. The summed E-state index contributed by atoms with van der Waals surface area (Å²) in [5.41, 5.74) is 2.21. The number of amides is 1. The van der Waals surface area contributed by atoms with Crippen molar-refractivity contribution in [2.75, 3.05) is 6.54 Å². The monoisotopic (exact) mass is 275 g/mol. The van der Waals surface area contributed by atoms with Gasteiger partial charge in [0.2, 0.25) is 0 Å². The zero-order chi connectivity index (χ0) is 14.8. The predicted molar refractivity (Wildman–Crippen MR) is 80.7 cm³/mol. The molecule has 3 nitrogen and oxygen atoms in total. The molecule has 0 spiro atoms. The summed E-state index contributed by atoms with van der Waals surface area (Å²) < 4.78 is 5.56. The van der Waals surface area contributed by atoms with E-state index in [9.17, 15) is 4.79 Å². The summed E-state index contributed by atoms with van der Waals surface area (Å²) in [7, 11) is 0. The Morgan fingerprint density at radius 3 is 2.70 bits per heavy atom. The molecule has 2 rings (SSSR count). The van der Waals surface area contributed by atoms with E-state index in [4.69, 9.17) is 4.74 Å². The summed E-state index contributed by atoms with van der Waals surface area (Å²) in [6, 6.07) is 8.60. The molecule has 0 bridgehead atoms. The minimum atomic E-state index is -0.440. The first kappa shape index (κ1) is 14.9. The van der Waals surface area contributed by atoms with Gasteiger partial charge in [0, 0.05) is 6.54 Å². The van der Waals surface area contributed by atoms with Crippen molar-refractivity contribution in [1.29, 1.82) is 0 Å². The Balaban J connectivity index is 2.24. The molecule has 1 heterocycles. The summed E-state index contributed by atoms with van der Waals surface area (Å²) in [6.45, 7) is 8.65. The van der Waals surface area contributed by atoms with Crippen LogP contribution in [0.2, 0.25) is 0 Å². The van der Waals surface area contributed by atoms with Crippen molar-refractivity contribution in [1.82, 2.24) is 4.90 Å². The van der Waals surface area contributed by atoms with Gasteiger partial charge in [-0.15, -0.1) is 0 Å². The van der Waals surface area contributed by atoms with Crippen LogP contribution < -0.4 is 0 Å². The van der Waals surface area contributed by atoms with Gasteiger partial charge in [0.15, 0.2) is 0 Å². The largest absolute Gasteiger partial charge is 0.444 e. The Hall–Kier alpha value is -1.51. The van der Waals surface area contributed by atoms with Crippen LogP contribution in [0.5, 0.6) is 0 Å². The van der Waals surface area contributed by atoms with E-state index in [2.05, 4.69) is 31.2 Å². The third-order valence-corrected chi connectivity index (χ3v) is 3.60. The Kier molecular flexibility index (Phi) is 4.36. The molecule has 1 aromatic rings. The van der Waals surface area contributed by atoms with Crippen molar-refractivity contribution < 1.29 is 9.53 Å². The lowest BCUT2D eigenvalue weighted by Crippen LogP contribution is -2.43. The zero-order valence-electron chi connectivity index (χ0n) is 13.0. The minimum absolute atomic E-state index is 0.153. The molecular formula is C17H25NO2. The quantitative estimate of drug-likeness (QED) is 0.804. The highest BCUT2D eigenvalue weighted by molar-refractivity contribution is 5.69. The van der Waals surface area contributed by atoms with E-state index in [1.165, 1.54) is 11.1 Å². The maximum absolute atomic E-state index is 12.4. The third-order valence-electron chi connectivity index (χ3n) is 3.60. The van der Waals surface area contributed by atoms with Crippen LogP contribution >= 0.6 is 0 Å². The number of carbonyl (C=O) groups excluding carboxylic acids is 1. The number of nitrogens with zero attached hydrogens (tertiary/aromatic N) is 1. The number of hydrogen-bond donors (Lipinski definition) is 0. The second kappa shape index (κ2) is 5.86. The second-order valence-electron chi connectivity index (χ2n) is 6.43. The smallest absolute Gasteiger partial charge is 0.410 e. The molecule has 0 aliphatic carbocycles. The molecule has 0 saturated carbocycles. The molecule has 0 radical (unpaired) electrons. The lowest BCUT2D eigenvalue weighted by atomic mass is 9.90. The van der Waals surface area contributed by atoms with Crippen molar-refractivity contribution in [3.63, 3.8) is 0 Å². The normalized spacial score (nSPS) is 18.6. The lowest BCUT2D eigenvalue weighted by Gasteiger charge is -2.38. The van der Waals surface area contributed by atoms with Crippen molar-refractivity contribution in [3.8, 4) is 0 Å². The molecule has 0 fully saturated rings. The second-order valence-corrected chi connectivity index (χ2v) is 6.43. The first-order valence-electron chi connectivity index (χ1n) is 7.50. The maximum Gasteiger partial charge on any atom is 0.410 e. The summed E-state index contributed by atoms with van der Waals surface area (Å²) >= 11 is 0. The highest BCUT2D eigenvalue weighted by atomic mass is 16.6. The topological polar surface area (TPSA) is 29.5 Å². The lowest BCUT2D eigenvalue weighted by molar-refractivity contribution is 0.0131. The molecule has 1 aromatic carbocycles. The van der Waals surface area contributed by atoms with E-state index < -0.39 is 5.60 Å². The number of rotatable bonds is 2. The summed E-state index contributed by atoms with van der Waals surface area (Å²) in [5.74, 6) is 0. The molecule has 20 heavy (non-hydrogen) atoms. The van der Waals surface area contributed by atoms with Gasteiger partial charge in [-0.3, -0.25) is 0 Å². The van der Waals surface area contributed by atoms with E-state index in [0.717, 1.165) is 25.8 Å². The SMILES string of the molecule is CCCC1c2ccccc2CCN1C(=O)OC(C)(C)C. The van der Waals surface area contributed by atoms with Gasteiger partial charge < -0.3 is 9.64 Å². The number of carbonyl (C=O) groups is 1. The fraction of sp³-hybridized carbons (Fsp3) is 0.588. The van der Waals surface area contributed by atoms with Crippen molar-refractivity contribution in [3.05, 3.63) is 35.4 Å². The van der Waals surface area contributed by atoms with Crippen LogP contribution in [0.25, 0.3) is 0 Å². The number of fused-ring (bicyclic) bond motifs is 1. The van der Waals surface area contributed by atoms with Crippen LogP contribution in [0.3, 0.4) is 0 Å². The van der Waals surface area contributed by atoms with Crippen molar-refractivity contribution in [2.45, 2.75) is 58.6 Å². The maximum atomic E-state index is 12.4. The van der Waals surface area contributed by atoms with Gasteiger partial charge in [0.1, 0.15) is 5.60 Å². The standard InChI is InChI=1S/C17H25NO2/c1-5-8-15-14-10-7-6-9-13(14)11-12-18(15)16(19)20-17(2,3)4/h6-7,9-10,15H,5,8,11-12H2,1-4H3. The fourth-order valence-electron chi connectivity index (χ4n) is 2.78. The van der Waals surface area contributed by atoms with Crippen LogP contribution in [0.15, 0.2) is 24.3 Å². The molecule has 1 aliphatic rings. The first-order valence-corrected chi connectivity index (χ1v) is 7.50. The van der Waals surface area contributed by atoms with E-state index in [1.807, 2.05) is 25.7 Å². The first-order chi connectivity index (χ1) is 9.42. The molecule has 3 heteroatoms.